The van der Waals surface area contributed by atoms with Crippen LogP contribution in [0, 0.1) is 6.92 Å². The normalized spacial score (nSPS) is 19.4. The molecule has 3 aromatic rings. The number of benzene rings is 2. The van der Waals surface area contributed by atoms with Crippen LogP contribution < -0.4 is 15.1 Å². The molecule has 4 rings (SSSR count). The second-order valence-corrected chi connectivity index (χ2v) is 9.07. The topological polar surface area (TPSA) is 50.9 Å². The fraction of sp³-hybridized carbons (Fsp3) is 0.391. The van der Waals surface area contributed by atoms with Gasteiger partial charge in [-0.25, -0.2) is 4.98 Å². The average molecular weight is 411 g/mol. The molecule has 0 radical (unpaired) electrons. The number of anilines is 1. The molecule has 0 saturated carbocycles. The van der Waals surface area contributed by atoms with Gasteiger partial charge in [0.15, 0.2) is 6.54 Å². The van der Waals surface area contributed by atoms with Crippen LogP contribution in [0.2, 0.25) is 0 Å². The van der Waals surface area contributed by atoms with Crippen LogP contribution in [-0.2, 0) is 4.79 Å². The van der Waals surface area contributed by atoms with E-state index in [0.717, 1.165) is 34.9 Å². The minimum atomic E-state index is 0.0992. The van der Waals surface area contributed by atoms with E-state index >= 15 is 0 Å². The third kappa shape index (κ3) is 5.01. The van der Waals surface area contributed by atoms with Gasteiger partial charge in [0.1, 0.15) is 31.2 Å². The number of nitrogens with zero attached hydrogens (tertiary/aromatic N) is 1. The summed E-state index contributed by atoms with van der Waals surface area (Å²) < 4.78 is 1.21. The van der Waals surface area contributed by atoms with Crippen molar-refractivity contribution in [2.45, 2.75) is 20.3 Å². The SMILES string of the molecule is CCC[NH+]1CC[NH+](CC(=O)Nc2ccc(-c3nc4ccc(C)cc4s3)cc2)CC1. The van der Waals surface area contributed by atoms with E-state index in [-0.39, 0.29) is 5.91 Å². The van der Waals surface area contributed by atoms with E-state index < -0.39 is 0 Å². The molecule has 5 nitrogen and oxygen atoms in total. The number of rotatable bonds is 6. The summed E-state index contributed by atoms with van der Waals surface area (Å²) in [6.07, 6.45) is 1.23. The largest absolute Gasteiger partial charge is 0.326 e. The molecule has 1 fully saturated rings. The van der Waals surface area contributed by atoms with Crippen LogP contribution in [0.4, 0.5) is 5.69 Å². The van der Waals surface area contributed by atoms with Crippen molar-refractivity contribution in [2.75, 3.05) is 44.6 Å². The lowest BCUT2D eigenvalue weighted by Crippen LogP contribution is -3.28. The zero-order valence-electron chi connectivity index (χ0n) is 17.3. The summed E-state index contributed by atoms with van der Waals surface area (Å²) in [4.78, 5) is 20.3. The van der Waals surface area contributed by atoms with Crippen molar-refractivity contribution in [3.63, 3.8) is 0 Å². The van der Waals surface area contributed by atoms with Gasteiger partial charge in [-0.05, 0) is 55.3 Å². The summed E-state index contributed by atoms with van der Waals surface area (Å²) in [5.74, 6) is 0.0992. The predicted octanol–water partition coefficient (Wildman–Crippen LogP) is 1.40. The van der Waals surface area contributed by atoms with Gasteiger partial charge < -0.3 is 15.1 Å². The summed E-state index contributed by atoms with van der Waals surface area (Å²) in [5.41, 5.74) is 4.23. The van der Waals surface area contributed by atoms with Gasteiger partial charge in [0.05, 0.1) is 16.8 Å². The van der Waals surface area contributed by atoms with Crippen LogP contribution in [0.5, 0.6) is 0 Å². The van der Waals surface area contributed by atoms with Gasteiger partial charge in [0.25, 0.3) is 5.91 Å². The Hall–Kier alpha value is -2.28. The maximum absolute atomic E-state index is 12.4. The second-order valence-electron chi connectivity index (χ2n) is 8.04. The van der Waals surface area contributed by atoms with Gasteiger partial charge in [-0.1, -0.05) is 13.0 Å². The highest BCUT2D eigenvalue weighted by atomic mass is 32.1. The number of hydrogen-bond acceptors (Lipinski definition) is 3. The lowest BCUT2D eigenvalue weighted by Gasteiger charge is -2.29. The molecular weight excluding hydrogens is 380 g/mol. The molecule has 1 aliphatic rings. The van der Waals surface area contributed by atoms with Crippen LogP contribution >= 0.6 is 11.3 Å². The summed E-state index contributed by atoms with van der Waals surface area (Å²) in [7, 11) is 0. The van der Waals surface area contributed by atoms with E-state index in [0.29, 0.717) is 6.54 Å². The minimum Gasteiger partial charge on any atom is -0.326 e. The highest BCUT2D eigenvalue weighted by Gasteiger charge is 2.24. The molecule has 29 heavy (non-hydrogen) atoms. The van der Waals surface area contributed by atoms with Crippen molar-refractivity contribution in [1.82, 2.24) is 4.98 Å². The summed E-state index contributed by atoms with van der Waals surface area (Å²) >= 11 is 1.71. The molecule has 6 heteroatoms. The fourth-order valence-electron chi connectivity index (χ4n) is 4.02. The van der Waals surface area contributed by atoms with E-state index in [1.807, 2.05) is 24.3 Å². The van der Waals surface area contributed by atoms with Crippen molar-refractivity contribution in [1.29, 1.82) is 0 Å². The van der Waals surface area contributed by atoms with Gasteiger partial charge in [-0.2, -0.15) is 0 Å². The van der Waals surface area contributed by atoms with Crippen LogP contribution in [0.1, 0.15) is 18.9 Å². The number of quaternary nitrogens is 2. The number of thiazole rings is 1. The molecule has 1 aliphatic heterocycles. The Balaban J connectivity index is 1.33. The molecule has 0 aliphatic carbocycles. The van der Waals surface area contributed by atoms with Crippen LogP contribution in [0.15, 0.2) is 42.5 Å². The number of aryl methyl sites for hydroxylation is 1. The summed E-state index contributed by atoms with van der Waals surface area (Å²) in [5, 5.41) is 4.07. The Morgan fingerprint density at radius 2 is 1.79 bits per heavy atom. The maximum Gasteiger partial charge on any atom is 0.279 e. The average Bonchev–Trinajstić information content (AvgIpc) is 3.13. The highest BCUT2D eigenvalue weighted by Crippen LogP contribution is 2.31. The lowest BCUT2D eigenvalue weighted by molar-refractivity contribution is -1.01. The van der Waals surface area contributed by atoms with Crippen molar-refractivity contribution in [3.05, 3.63) is 48.0 Å². The molecule has 0 atom stereocenters. The van der Waals surface area contributed by atoms with Crippen LogP contribution in [0.3, 0.4) is 0 Å². The minimum absolute atomic E-state index is 0.0992. The van der Waals surface area contributed by atoms with Crippen LogP contribution in [-0.4, -0.2) is 50.2 Å². The Morgan fingerprint density at radius 1 is 1.07 bits per heavy atom. The fourth-order valence-corrected chi connectivity index (χ4v) is 5.09. The molecule has 3 N–H and O–H groups in total. The van der Waals surface area contributed by atoms with E-state index in [1.165, 1.54) is 41.2 Å². The van der Waals surface area contributed by atoms with E-state index in [9.17, 15) is 4.79 Å². The number of nitrogens with one attached hydrogen (secondary N) is 3. The van der Waals surface area contributed by atoms with Crippen molar-refractivity contribution in [3.8, 4) is 10.6 Å². The first-order chi connectivity index (χ1) is 14.1. The maximum atomic E-state index is 12.4. The van der Waals surface area contributed by atoms with Gasteiger partial charge in [-0.15, -0.1) is 11.3 Å². The van der Waals surface area contributed by atoms with Crippen molar-refractivity contribution in [2.24, 2.45) is 0 Å². The molecule has 1 saturated heterocycles. The number of carbonyl (C=O) groups excluding carboxylic acids is 1. The first kappa shape index (κ1) is 20.0. The third-order valence-electron chi connectivity index (χ3n) is 5.64. The monoisotopic (exact) mass is 410 g/mol. The van der Waals surface area contributed by atoms with Gasteiger partial charge in [0, 0.05) is 11.3 Å². The number of aromatic nitrogens is 1. The number of fused-ring (bicyclic) bond motifs is 1. The zero-order chi connectivity index (χ0) is 20.2. The molecular formula is C23H30N4OS+2. The lowest BCUT2D eigenvalue weighted by atomic mass is 10.2. The first-order valence-corrected chi connectivity index (χ1v) is 11.4. The summed E-state index contributed by atoms with van der Waals surface area (Å²) in [6, 6.07) is 14.4. The van der Waals surface area contributed by atoms with E-state index in [2.05, 4.69) is 37.4 Å². The third-order valence-corrected chi connectivity index (χ3v) is 6.71. The number of carbonyl (C=O) groups is 1. The molecule has 0 unspecified atom stereocenters. The second kappa shape index (κ2) is 9.03. The standard InChI is InChI=1S/C23H28N4OS/c1-3-10-26-11-13-27(14-12-26)16-22(28)24-19-7-5-18(6-8-19)23-25-20-9-4-17(2)15-21(20)29-23/h4-9,15H,3,10-14,16H2,1-2H3,(H,24,28)/p+2. The smallest absolute Gasteiger partial charge is 0.279 e. The van der Waals surface area contributed by atoms with E-state index in [4.69, 9.17) is 4.98 Å². The Bertz CT molecular complexity index is 974. The number of piperazine rings is 1. The molecule has 0 spiro atoms. The quantitative estimate of drug-likeness (QED) is 0.576. The molecule has 1 aromatic heterocycles. The molecule has 0 bridgehead atoms. The zero-order valence-corrected chi connectivity index (χ0v) is 18.1. The summed E-state index contributed by atoms with van der Waals surface area (Å²) in [6.45, 7) is 10.7. The van der Waals surface area contributed by atoms with Crippen molar-refractivity contribution < 1.29 is 14.6 Å². The van der Waals surface area contributed by atoms with Gasteiger partial charge in [-0.3, -0.25) is 4.79 Å². The Morgan fingerprint density at radius 3 is 2.52 bits per heavy atom. The number of amides is 1. The Labute approximate surface area is 176 Å². The highest BCUT2D eigenvalue weighted by molar-refractivity contribution is 7.21. The van der Waals surface area contributed by atoms with Gasteiger partial charge >= 0.3 is 0 Å². The first-order valence-electron chi connectivity index (χ1n) is 10.6. The molecule has 1 amide bonds. The van der Waals surface area contributed by atoms with Crippen molar-refractivity contribution >= 4 is 33.1 Å². The Kier molecular flexibility index (Phi) is 6.23. The number of hydrogen-bond donors (Lipinski definition) is 3. The van der Waals surface area contributed by atoms with Crippen LogP contribution in [0.25, 0.3) is 20.8 Å². The molecule has 2 heterocycles. The van der Waals surface area contributed by atoms with E-state index in [1.54, 1.807) is 16.2 Å². The predicted molar refractivity (Wildman–Crippen MR) is 120 cm³/mol. The molecule has 2 aromatic carbocycles. The molecule has 152 valence electrons. The van der Waals surface area contributed by atoms with Gasteiger partial charge in [0.2, 0.25) is 0 Å².